The molecule has 0 saturated carbocycles. The molecule has 3 aliphatic heterocycles. The predicted molar refractivity (Wildman–Crippen MR) is 138 cm³/mol. The largest absolute Gasteiger partial charge is 0.377 e. The lowest BCUT2D eigenvalue weighted by Gasteiger charge is -2.45. The van der Waals surface area contributed by atoms with Crippen molar-refractivity contribution in [2.24, 2.45) is 0 Å². The van der Waals surface area contributed by atoms with Crippen LogP contribution in [0.25, 0.3) is 0 Å². The van der Waals surface area contributed by atoms with Gasteiger partial charge in [0, 0.05) is 38.4 Å². The van der Waals surface area contributed by atoms with Crippen LogP contribution in [0.15, 0.2) is 96.1 Å². The minimum atomic E-state index is -0.523. The molecule has 3 aliphatic rings. The summed E-state index contributed by atoms with van der Waals surface area (Å²) in [4.78, 5) is 31.0. The van der Waals surface area contributed by atoms with E-state index in [9.17, 15) is 14.9 Å². The number of carbonyl (C=O) groups excluding carboxylic acids is 1. The molecular formula is C28H31N5O3. The van der Waals surface area contributed by atoms with Crippen LogP contribution in [0, 0.1) is 10.1 Å². The van der Waals surface area contributed by atoms with E-state index in [1.54, 1.807) is 11.1 Å². The predicted octanol–water partition coefficient (Wildman–Crippen LogP) is 3.50. The zero-order chi connectivity index (χ0) is 25.1. The Bertz CT molecular complexity index is 1160. The highest BCUT2D eigenvalue weighted by Gasteiger charge is 2.47. The normalized spacial score (nSPS) is 20.3. The fourth-order valence-electron chi connectivity index (χ4n) is 5.50. The Hall–Kier alpha value is -3.91. The molecule has 1 amide bonds. The Morgan fingerprint density at radius 3 is 2.17 bits per heavy atom. The molecule has 0 radical (unpaired) electrons. The fourth-order valence-corrected chi connectivity index (χ4v) is 5.50. The van der Waals surface area contributed by atoms with E-state index in [-0.39, 0.29) is 11.7 Å². The van der Waals surface area contributed by atoms with Gasteiger partial charge in [-0.25, -0.2) is 0 Å². The van der Waals surface area contributed by atoms with Crippen LogP contribution in [-0.2, 0) is 4.79 Å². The maximum atomic E-state index is 13.3. The molecule has 0 bridgehead atoms. The van der Waals surface area contributed by atoms with E-state index in [2.05, 4.69) is 58.7 Å². The van der Waals surface area contributed by atoms with Gasteiger partial charge in [-0.15, -0.1) is 0 Å². The van der Waals surface area contributed by atoms with E-state index in [1.807, 2.05) is 36.1 Å². The smallest absolute Gasteiger partial charge is 0.355 e. The first kappa shape index (κ1) is 23.8. The average molecular weight is 486 g/mol. The van der Waals surface area contributed by atoms with Crippen LogP contribution in [0.1, 0.15) is 30.5 Å². The Morgan fingerprint density at radius 1 is 1.00 bits per heavy atom. The van der Waals surface area contributed by atoms with Crippen LogP contribution in [0.5, 0.6) is 0 Å². The van der Waals surface area contributed by atoms with E-state index in [0.29, 0.717) is 25.3 Å². The summed E-state index contributed by atoms with van der Waals surface area (Å²) in [5.41, 5.74) is 3.37. The highest BCUT2D eigenvalue weighted by Crippen LogP contribution is 2.35. The molecule has 1 N–H and O–H groups in total. The van der Waals surface area contributed by atoms with Gasteiger partial charge >= 0.3 is 11.6 Å². The van der Waals surface area contributed by atoms with Crippen molar-refractivity contribution in [1.82, 2.24) is 20.0 Å². The summed E-state index contributed by atoms with van der Waals surface area (Å²) in [6, 6.07) is 20.5. The number of amides is 1. The van der Waals surface area contributed by atoms with Crippen LogP contribution in [0.3, 0.4) is 0 Å². The first-order valence-corrected chi connectivity index (χ1v) is 12.5. The summed E-state index contributed by atoms with van der Waals surface area (Å²) in [5.74, 6) is -0.523. The highest BCUT2D eigenvalue weighted by molar-refractivity contribution is 5.95. The number of hydrogen-bond acceptors (Lipinski definition) is 6. The molecule has 0 spiro atoms. The molecule has 8 nitrogen and oxygen atoms in total. The standard InChI is InChI=1S/C28H31N5O3/c1-2-16-32-23-14-9-15-29-24(23)26(27(28(32)34)33(35)36)31-19-17-30(18-20-31)25(21-10-5-3-6-11-21)22-12-7-4-8-13-22/h3-15,24-25,29H,2,16-20H2,1H3. The molecule has 186 valence electrons. The van der Waals surface area contributed by atoms with Gasteiger partial charge in [0.1, 0.15) is 11.7 Å². The number of nitro groups is 1. The third-order valence-corrected chi connectivity index (χ3v) is 7.08. The van der Waals surface area contributed by atoms with Gasteiger partial charge in [-0.3, -0.25) is 19.8 Å². The molecule has 8 heteroatoms. The molecule has 0 aromatic heterocycles. The van der Waals surface area contributed by atoms with Crippen molar-refractivity contribution < 1.29 is 9.72 Å². The minimum Gasteiger partial charge on any atom is -0.377 e. The number of fused-ring (bicyclic) bond motifs is 1. The second-order valence-electron chi connectivity index (χ2n) is 9.24. The number of rotatable bonds is 7. The number of dihydropyridines is 1. The van der Waals surface area contributed by atoms with Gasteiger partial charge in [-0.2, -0.15) is 0 Å². The molecule has 36 heavy (non-hydrogen) atoms. The maximum Gasteiger partial charge on any atom is 0.355 e. The number of nitrogens with zero attached hydrogens (tertiary/aromatic N) is 4. The van der Waals surface area contributed by atoms with Crippen LogP contribution in [0.2, 0.25) is 0 Å². The summed E-state index contributed by atoms with van der Waals surface area (Å²) in [6.07, 6.45) is 6.25. The third-order valence-electron chi connectivity index (χ3n) is 7.08. The average Bonchev–Trinajstić information content (AvgIpc) is 2.91. The Balaban J connectivity index is 1.45. The Morgan fingerprint density at radius 2 is 1.61 bits per heavy atom. The lowest BCUT2D eigenvalue weighted by molar-refractivity contribution is -0.423. The zero-order valence-corrected chi connectivity index (χ0v) is 20.4. The first-order chi connectivity index (χ1) is 17.6. The van der Waals surface area contributed by atoms with Crippen LogP contribution < -0.4 is 5.32 Å². The number of hydrogen-bond donors (Lipinski definition) is 1. The summed E-state index contributed by atoms with van der Waals surface area (Å²) in [5, 5.41) is 15.5. The second-order valence-corrected chi connectivity index (χ2v) is 9.24. The van der Waals surface area contributed by atoms with Crippen LogP contribution in [-0.4, -0.2) is 64.3 Å². The van der Waals surface area contributed by atoms with Gasteiger partial charge in [0.2, 0.25) is 0 Å². The molecule has 1 atom stereocenters. The molecular weight excluding hydrogens is 454 g/mol. The number of carbonyl (C=O) groups is 1. The number of nitrogens with one attached hydrogen (secondary N) is 1. The lowest BCUT2D eigenvalue weighted by Crippen LogP contribution is -2.56. The Kier molecular flexibility index (Phi) is 6.86. The fraction of sp³-hybridized carbons (Fsp3) is 0.321. The van der Waals surface area contributed by atoms with Crippen molar-refractivity contribution in [2.45, 2.75) is 25.4 Å². The highest BCUT2D eigenvalue weighted by atomic mass is 16.6. The third kappa shape index (κ3) is 4.40. The van der Waals surface area contributed by atoms with Crippen molar-refractivity contribution in [3.8, 4) is 0 Å². The van der Waals surface area contributed by atoms with Crippen molar-refractivity contribution in [3.63, 3.8) is 0 Å². The monoisotopic (exact) mass is 485 g/mol. The quantitative estimate of drug-likeness (QED) is 0.478. The summed E-state index contributed by atoms with van der Waals surface area (Å²) >= 11 is 0. The molecule has 1 fully saturated rings. The van der Waals surface area contributed by atoms with Gasteiger partial charge in [0.25, 0.3) is 0 Å². The van der Waals surface area contributed by atoms with Gasteiger partial charge < -0.3 is 15.1 Å². The summed E-state index contributed by atoms with van der Waals surface area (Å²) in [6.45, 7) is 5.05. The molecule has 2 aromatic rings. The van der Waals surface area contributed by atoms with Crippen LogP contribution in [0.4, 0.5) is 0 Å². The maximum absolute atomic E-state index is 13.3. The molecule has 5 rings (SSSR count). The van der Waals surface area contributed by atoms with E-state index < -0.39 is 16.9 Å². The van der Waals surface area contributed by atoms with E-state index >= 15 is 0 Å². The molecule has 3 heterocycles. The lowest BCUT2D eigenvalue weighted by atomic mass is 9.95. The van der Waals surface area contributed by atoms with Gasteiger partial charge in [0.05, 0.1) is 11.0 Å². The number of allylic oxidation sites excluding steroid dienone is 2. The molecule has 1 saturated heterocycles. The van der Waals surface area contributed by atoms with E-state index in [1.165, 1.54) is 11.1 Å². The second kappa shape index (κ2) is 10.4. The number of benzene rings is 2. The molecule has 1 unspecified atom stereocenters. The van der Waals surface area contributed by atoms with E-state index in [4.69, 9.17) is 0 Å². The summed E-state index contributed by atoms with van der Waals surface area (Å²) < 4.78 is 0. The van der Waals surface area contributed by atoms with Crippen molar-refractivity contribution >= 4 is 5.91 Å². The van der Waals surface area contributed by atoms with Gasteiger partial charge in [-0.1, -0.05) is 67.6 Å². The Labute approximate surface area is 211 Å². The van der Waals surface area contributed by atoms with Gasteiger partial charge in [-0.05, 0) is 35.9 Å². The number of piperazine rings is 1. The molecule has 2 aromatic carbocycles. The first-order valence-electron chi connectivity index (χ1n) is 12.5. The SMILES string of the molecule is CCCN1C(=O)C([N+](=O)[O-])=C(N2CCN(C(c3ccccc3)c3ccccc3)CC2)C2NC=CC=C21. The van der Waals surface area contributed by atoms with Crippen LogP contribution >= 0.6 is 0 Å². The van der Waals surface area contributed by atoms with Crippen molar-refractivity contribution in [1.29, 1.82) is 0 Å². The van der Waals surface area contributed by atoms with E-state index in [0.717, 1.165) is 25.2 Å². The summed E-state index contributed by atoms with van der Waals surface area (Å²) in [7, 11) is 0. The van der Waals surface area contributed by atoms with Crippen molar-refractivity contribution in [3.05, 3.63) is 117 Å². The van der Waals surface area contributed by atoms with Crippen molar-refractivity contribution in [2.75, 3.05) is 32.7 Å². The topological polar surface area (TPSA) is 82.0 Å². The van der Waals surface area contributed by atoms with Gasteiger partial charge in [0.15, 0.2) is 0 Å². The molecule has 0 aliphatic carbocycles. The minimum absolute atomic E-state index is 0.0951. The zero-order valence-electron chi connectivity index (χ0n) is 20.4.